The quantitative estimate of drug-likeness (QED) is 0.779. The molecule has 2 rings (SSSR count). The number of rotatable bonds is 3. The van der Waals surface area contributed by atoms with E-state index in [1.54, 1.807) is 32.9 Å². The summed E-state index contributed by atoms with van der Waals surface area (Å²) < 4.78 is 5.52. The van der Waals surface area contributed by atoms with Crippen LogP contribution < -0.4 is 5.01 Å². The third-order valence-electron chi connectivity index (χ3n) is 3.35. The molecule has 5 nitrogen and oxygen atoms in total. The zero-order chi connectivity index (χ0) is 18.4. The Kier molecular flexibility index (Phi) is 5.80. The fourth-order valence-electron chi connectivity index (χ4n) is 2.30. The largest absolute Gasteiger partial charge is 0.442 e. The van der Waals surface area contributed by atoms with Crippen LogP contribution in [0.5, 0.6) is 0 Å². The first-order valence-corrected chi connectivity index (χ1v) is 8.18. The molecule has 2 aromatic carbocycles. The Bertz CT molecular complexity index is 709. The van der Waals surface area contributed by atoms with Gasteiger partial charge in [-0.25, -0.2) is 9.80 Å². The van der Waals surface area contributed by atoms with Crippen LogP contribution in [0.4, 0.5) is 10.5 Å². The molecule has 0 aliphatic rings. The molecule has 0 atom stereocenters. The van der Waals surface area contributed by atoms with Gasteiger partial charge in [-0.1, -0.05) is 48.5 Å². The van der Waals surface area contributed by atoms with E-state index in [4.69, 9.17) is 4.74 Å². The van der Waals surface area contributed by atoms with Crippen molar-refractivity contribution >= 4 is 17.7 Å². The smallest absolute Gasteiger partial charge is 0.434 e. The van der Waals surface area contributed by atoms with Crippen LogP contribution in [-0.2, 0) is 16.1 Å². The van der Waals surface area contributed by atoms with Gasteiger partial charge in [-0.2, -0.15) is 5.01 Å². The monoisotopic (exact) mass is 340 g/mol. The van der Waals surface area contributed by atoms with E-state index >= 15 is 0 Å². The highest BCUT2D eigenvalue weighted by molar-refractivity contribution is 5.91. The minimum atomic E-state index is -0.667. The summed E-state index contributed by atoms with van der Waals surface area (Å²) in [7, 11) is 0. The molecule has 0 saturated heterocycles. The molecule has 2 aromatic rings. The molecule has 0 unspecified atom stereocenters. The second kappa shape index (κ2) is 7.83. The first-order chi connectivity index (χ1) is 11.8. The Morgan fingerprint density at radius 3 is 1.92 bits per heavy atom. The Balaban J connectivity index is 2.40. The lowest BCUT2D eigenvalue weighted by atomic mass is 10.2. The molecule has 0 aromatic heterocycles. The molecule has 0 heterocycles. The van der Waals surface area contributed by atoms with Crippen molar-refractivity contribution < 1.29 is 14.3 Å². The average Bonchev–Trinajstić information content (AvgIpc) is 2.54. The van der Waals surface area contributed by atoms with Crippen LogP contribution in [0.15, 0.2) is 60.7 Å². The lowest BCUT2D eigenvalue weighted by Gasteiger charge is -2.35. The molecular formula is C20H24N2O3. The SMILES string of the molecule is CC(=O)N(Cc1ccccc1)N(C(=O)OC(C)(C)C)c1ccccc1. The van der Waals surface area contributed by atoms with Crippen LogP contribution in [0.2, 0.25) is 0 Å². The highest BCUT2D eigenvalue weighted by Gasteiger charge is 2.30. The van der Waals surface area contributed by atoms with Crippen LogP contribution in [0, 0.1) is 0 Å². The molecule has 0 spiro atoms. The maximum atomic E-state index is 12.8. The lowest BCUT2D eigenvalue weighted by molar-refractivity contribution is -0.130. The second-order valence-corrected chi connectivity index (χ2v) is 6.69. The Hall–Kier alpha value is -2.82. The normalized spacial score (nSPS) is 10.9. The van der Waals surface area contributed by atoms with E-state index in [9.17, 15) is 9.59 Å². The van der Waals surface area contributed by atoms with Crippen molar-refractivity contribution in [2.24, 2.45) is 0 Å². The molecule has 0 N–H and O–H groups in total. The van der Waals surface area contributed by atoms with Crippen molar-refractivity contribution in [3.63, 3.8) is 0 Å². The van der Waals surface area contributed by atoms with Crippen molar-refractivity contribution in [2.75, 3.05) is 5.01 Å². The summed E-state index contributed by atoms with van der Waals surface area (Å²) >= 11 is 0. The molecule has 0 aliphatic carbocycles. The van der Waals surface area contributed by atoms with Gasteiger partial charge in [0.05, 0.1) is 12.2 Å². The van der Waals surface area contributed by atoms with Crippen molar-refractivity contribution in [2.45, 2.75) is 39.8 Å². The number of hydrazine groups is 1. The van der Waals surface area contributed by atoms with Gasteiger partial charge < -0.3 is 4.74 Å². The molecule has 0 bridgehead atoms. The number of hydrogen-bond donors (Lipinski definition) is 0. The standard InChI is InChI=1S/C20H24N2O3/c1-16(23)21(15-17-11-7-5-8-12-17)22(18-13-9-6-10-14-18)19(24)25-20(2,3)4/h5-14H,15H2,1-4H3. The number of carbonyl (C=O) groups excluding carboxylic acids is 2. The predicted octanol–water partition coefficient (Wildman–Crippen LogP) is 4.39. The minimum absolute atomic E-state index is 0.251. The molecule has 132 valence electrons. The van der Waals surface area contributed by atoms with Gasteiger partial charge in [-0.05, 0) is 38.5 Å². The third kappa shape index (κ3) is 5.35. The molecule has 0 aliphatic heterocycles. The van der Waals surface area contributed by atoms with Gasteiger partial charge in [0.1, 0.15) is 5.60 Å². The molecule has 0 fully saturated rings. The molecule has 2 amide bonds. The molecule has 25 heavy (non-hydrogen) atoms. The second-order valence-electron chi connectivity index (χ2n) is 6.69. The van der Waals surface area contributed by atoms with Crippen molar-refractivity contribution in [1.29, 1.82) is 0 Å². The van der Waals surface area contributed by atoms with Crippen LogP contribution >= 0.6 is 0 Å². The Labute approximate surface area is 148 Å². The topological polar surface area (TPSA) is 49.9 Å². The number of amides is 2. The summed E-state index contributed by atoms with van der Waals surface area (Å²) in [6, 6.07) is 18.5. The minimum Gasteiger partial charge on any atom is -0.442 e. The summed E-state index contributed by atoms with van der Waals surface area (Å²) in [4.78, 5) is 25.1. The van der Waals surface area contributed by atoms with Gasteiger partial charge in [0.15, 0.2) is 0 Å². The zero-order valence-electron chi connectivity index (χ0n) is 15.1. The molecule has 5 heteroatoms. The van der Waals surface area contributed by atoms with Crippen LogP contribution in [0.25, 0.3) is 0 Å². The average molecular weight is 340 g/mol. The van der Waals surface area contributed by atoms with Crippen molar-refractivity contribution in [1.82, 2.24) is 5.01 Å². The number of anilines is 1. The third-order valence-corrected chi connectivity index (χ3v) is 3.35. The zero-order valence-corrected chi connectivity index (χ0v) is 15.1. The van der Waals surface area contributed by atoms with Gasteiger partial charge in [-0.3, -0.25) is 4.79 Å². The molecular weight excluding hydrogens is 316 g/mol. The van der Waals surface area contributed by atoms with Crippen molar-refractivity contribution in [3.8, 4) is 0 Å². The van der Waals surface area contributed by atoms with E-state index in [0.29, 0.717) is 5.69 Å². The van der Waals surface area contributed by atoms with E-state index in [1.165, 1.54) is 16.9 Å². The summed E-state index contributed by atoms with van der Waals surface area (Å²) in [5.41, 5.74) is 0.823. The number of para-hydroxylation sites is 1. The number of hydrogen-bond acceptors (Lipinski definition) is 3. The van der Waals surface area contributed by atoms with Gasteiger partial charge in [0, 0.05) is 6.92 Å². The van der Waals surface area contributed by atoms with E-state index in [-0.39, 0.29) is 12.5 Å². The molecule has 0 radical (unpaired) electrons. The number of ether oxygens (including phenoxy) is 1. The Morgan fingerprint density at radius 1 is 0.920 bits per heavy atom. The number of benzene rings is 2. The predicted molar refractivity (Wildman–Crippen MR) is 97.8 cm³/mol. The lowest BCUT2D eigenvalue weighted by Crippen LogP contribution is -2.50. The van der Waals surface area contributed by atoms with E-state index < -0.39 is 11.7 Å². The Morgan fingerprint density at radius 2 is 1.44 bits per heavy atom. The highest BCUT2D eigenvalue weighted by Crippen LogP contribution is 2.22. The first-order valence-electron chi connectivity index (χ1n) is 8.18. The fourth-order valence-corrected chi connectivity index (χ4v) is 2.30. The highest BCUT2D eigenvalue weighted by atomic mass is 16.6. The van der Waals surface area contributed by atoms with Gasteiger partial charge in [0.25, 0.3) is 0 Å². The van der Waals surface area contributed by atoms with Crippen LogP contribution in [-0.4, -0.2) is 22.6 Å². The maximum Gasteiger partial charge on any atom is 0.434 e. The van der Waals surface area contributed by atoms with E-state index in [1.807, 2.05) is 48.5 Å². The number of carbonyl (C=O) groups is 2. The van der Waals surface area contributed by atoms with Crippen LogP contribution in [0.3, 0.4) is 0 Å². The molecule has 0 saturated carbocycles. The van der Waals surface area contributed by atoms with Gasteiger partial charge in [-0.15, -0.1) is 0 Å². The van der Waals surface area contributed by atoms with E-state index in [0.717, 1.165) is 5.56 Å². The van der Waals surface area contributed by atoms with Crippen molar-refractivity contribution in [3.05, 3.63) is 66.2 Å². The van der Waals surface area contributed by atoms with Gasteiger partial charge >= 0.3 is 6.09 Å². The summed E-state index contributed by atoms with van der Waals surface area (Å²) in [6.45, 7) is 7.09. The summed E-state index contributed by atoms with van der Waals surface area (Å²) in [5, 5.41) is 2.68. The van der Waals surface area contributed by atoms with Gasteiger partial charge in [0.2, 0.25) is 5.91 Å². The fraction of sp³-hybridized carbons (Fsp3) is 0.300. The first kappa shape index (κ1) is 18.5. The number of nitrogens with zero attached hydrogens (tertiary/aromatic N) is 2. The summed E-state index contributed by atoms with van der Waals surface area (Å²) in [6.07, 6.45) is -0.593. The van der Waals surface area contributed by atoms with E-state index in [2.05, 4.69) is 0 Å². The van der Waals surface area contributed by atoms with Crippen LogP contribution in [0.1, 0.15) is 33.3 Å². The maximum absolute atomic E-state index is 12.8. The summed E-state index contributed by atoms with van der Waals surface area (Å²) in [5.74, 6) is -0.251.